The van der Waals surface area contributed by atoms with Gasteiger partial charge >= 0.3 is 5.97 Å². The summed E-state index contributed by atoms with van der Waals surface area (Å²) in [7, 11) is -3.37. The largest absolute Gasteiger partial charge is 0.477 e. The van der Waals surface area contributed by atoms with E-state index < -0.39 is 21.4 Å². The van der Waals surface area contributed by atoms with E-state index in [-0.39, 0.29) is 10.6 Å². The van der Waals surface area contributed by atoms with E-state index in [1.54, 1.807) is 24.4 Å². The number of pyridine rings is 3. The number of aromatic nitrogens is 2. The van der Waals surface area contributed by atoms with Crippen molar-refractivity contribution in [2.45, 2.75) is 11.6 Å². The van der Waals surface area contributed by atoms with Crippen molar-refractivity contribution in [2.75, 3.05) is 37.3 Å². The second-order valence-corrected chi connectivity index (χ2v) is 9.50. The predicted octanol–water partition coefficient (Wildman–Crippen LogP) is 1.12. The molecule has 0 spiro atoms. The second kappa shape index (κ2) is 8.12. The number of sulfone groups is 1. The number of nitrogens with zero attached hydrogens (tertiary/aromatic N) is 4. The van der Waals surface area contributed by atoms with Gasteiger partial charge in [-0.3, -0.25) is 14.1 Å². The summed E-state index contributed by atoms with van der Waals surface area (Å²) in [6.07, 6.45) is 4.21. The van der Waals surface area contributed by atoms with Crippen LogP contribution in [0.5, 0.6) is 0 Å². The lowest BCUT2D eigenvalue weighted by Gasteiger charge is -2.36. The standard InChI is InChI=1S/C21H22N4O5S/c1-31(29,30)19-13-16(5-6-22-19)24-10-8-23(9-11-24)14-15-12-17(21(27)28)20(26)25-7-3-2-4-18(15)25/h2-7,12-13H,8-11,14H2,1H3,(H,27,28). The third-order valence-corrected chi connectivity index (χ3v) is 6.40. The van der Waals surface area contributed by atoms with Crippen molar-refractivity contribution in [3.05, 3.63) is 70.3 Å². The van der Waals surface area contributed by atoms with Gasteiger partial charge in [-0.05, 0) is 35.9 Å². The zero-order valence-corrected chi connectivity index (χ0v) is 17.7. The van der Waals surface area contributed by atoms with Crippen LogP contribution >= 0.6 is 0 Å². The highest BCUT2D eigenvalue weighted by Gasteiger charge is 2.21. The van der Waals surface area contributed by atoms with Crippen molar-refractivity contribution in [3.63, 3.8) is 0 Å². The Bertz CT molecular complexity index is 1310. The number of piperazine rings is 1. The topological polar surface area (TPSA) is 112 Å². The summed E-state index contributed by atoms with van der Waals surface area (Å²) < 4.78 is 24.9. The molecule has 1 aliphatic heterocycles. The fourth-order valence-electron chi connectivity index (χ4n) is 3.80. The van der Waals surface area contributed by atoms with Crippen LogP contribution in [0.3, 0.4) is 0 Å². The van der Waals surface area contributed by atoms with E-state index in [2.05, 4.69) is 14.8 Å². The Morgan fingerprint density at radius 2 is 1.87 bits per heavy atom. The molecule has 4 heterocycles. The highest BCUT2D eigenvalue weighted by molar-refractivity contribution is 7.90. The Balaban J connectivity index is 1.54. The average molecular weight is 442 g/mol. The first kappa shape index (κ1) is 21.0. The number of aromatic carboxylic acids is 1. The summed E-state index contributed by atoms with van der Waals surface area (Å²) in [5, 5.41) is 9.47. The quantitative estimate of drug-likeness (QED) is 0.626. The molecule has 3 aromatic rings. The number of carboxylic acids is 1. The van der Waals surface area contributed by atoms with Crippen molar-refractivity contribution >= 4 is 27.0 Å². The van der Waals surface area contributed by atoms with Gasteiger partial charge in [0.1, 0.15) is 5.56 Å². The summed E-state index contributed by atoms with van der Waals surface area (Å²) in [6.45, 7) is 3.29. The predicted molar refractivity (Wildman–Crippen MR) is 115 cm³/mol. The molecule has 0 atom stereocenters. The highest BCUT2D eigenvalue weighted by atomic mass is 32.2. The van der Waals surface area contributed by atoms with Crippen LogP contribution in [0.4, 0.5) is 5.69 Å². The summed E-state index contributed by atoms with van der Waals surface area (Å²) in [5.74, 6) is -1.24. The van der Waals surface area contributed by atoms with Gasteiger partial charge in [0.25, 0.3) is 5.56 Å². The number of hydrogen-bond acceptors (Lipinski definition) is 7. The lowest BCUT2D eigenvalue weighted by atomic mass is 10.1. The Morgan fingerprint density at radius 1 is 1.13 bits per heavy atom. The van der Waals surface area contributed by atoms with Crippen LogP contribution < -0.4 is 10.5 Å². The molecular weight excluding hydrogens is 420 g/mol. The molecule has 1 N–H and O–H groups in total. The Hall–Kier alpha value is -3.24. The van der Waals surface area contributed by atoms with Crippen molar-refractivity contribution < 1.29 is 18.3 Å². The van der Waals surface area contributed by atoms with Crippen LogP contribution in [0.15, 0.2) is 58.6 Å². The van der Waals surface area contributed by atoms with Gasteiger partial charge in [-0.15, -0.1) is 0 Å². The molecule has 0 radical (unpaired) electrons. The molecule has 0 amide bonds. The molecule has 0 aromatic carbocycles. The number of carbonyl (C=O) groups is 1. The number of hydrogen-bond donors (Lipinski definition) is 1. The van der Waals surface area contributed by atoms with Gasteiger partial charge < -0.3 is 10.0 Å². The molecule has 1 saturated heterocycles. The Kier molecular flexibility index (Phi) is 5.50. The van der Waals surface area contributed by atoms with E-state index in [9.17, 15) is 23.1 Å². The van der Waals surface area contributed by atoms with Gasteiger partial charge in [-0.1, -0.05) is 6.07 Å². The van der Waals surface area contributed by atoms with E-state index >= 15 is 0 Å². The maximum atomic E-state index is 12.4. The fraction of sp³-hybridized carbons (Fsp3) is 0.286. The first-order chi connectivity index (χ1) is 14.7. The molecule has 0 aliphatic carbocycles. The second-order valence-electron chi connectivity index (χ2n) is 7.54. The van der Waals surface area contributed by atoms with Crippen LogP contribution in [0.1, 0.15) is 15.9 Å². The molecule has 0 saturated carbocycles. The summed E-state index contributed by atoms with van der Waals surface area (Å²) in [4.78, 5) is 32.2. The molecule has 3 aromatic heterocycles. The lowest BCUT2D eigenvalue weighted by Crippen LogP contribution is -2.46. The molecule has 31 heavy (non-hydrogen) atoms. The minimum Gasteiger partial charge on any atom is -0.477 e. The number of rotatable bonds is 5. The van der Waals surface area contributed by atoms with Crippen molar-refractivity contribution in [1.82, 2.24) is 14.3 Å². The maximum Gasteiger partial charge on any atom is 0.341 e. The minimum atomic E-state index is -3.37. The molecule has 1 aliphatic rings. The van der Waals surface area contributed by atoms with Gasteiger partial charge in [-0.2, -0.15) is 0 Å². The zero-order valence-electron chi connectivity index (χ0n) is 16.9. The first-order valence-electron chi connectivity index (χ1n) is 9.74. The normalized spacial score (nSPS) is 15.3. The number of anilines is 1. The SMILES string of the molecule is CS(=O)(=O)c1cc(N2CCN(Cc3cc(C(=O)O)c(=O)n4ccccc34)CC2)ccn1. The summed E-state index contributed by atoms with van der Waals surface area (Å²) in [6, 6.07) is 10.2. The average Bonchev–Trinajstić information content (AvgIpc) is 2.75. The van der Waals surface area contributed by atoms with E-state index in [4.69, 9.17) is 0 Å². The van der Waals surface area contributed by atoms with Crippen LogP contribution in [0.2, 0.25) is 0 Å². The molecule has 9 nitrogen and oxygen atoms in total. The van der Waals surface area contributed by atoms with Gasteiger partial charge in [0.15, 0.2) is 14.9 Å². The summed E-state index contributed by atoms with van der Waals surface area (Å²) in [5.41, 5.74) is 1.47. The maximum absolute atomic E-state index is 12.4. The van der Waals surface area contributed by atoms with Crippen LogP contribution in [-0.2, 0) is 16.4 Å². The molecular formula is C21H22N4O5S. The molecule has 162 valence electrons. The van der Waals surface area contributed by atoms with Crippen LogP contribution in [0.25, 0.3) is 5.52 Å². The fourth-order valence-corrected chi connectivity index (χ4v) is 4.39. The van der Waals surface area contributed by atoms with Gasteiger partial charge in [0.2, 0.25) is 0 Å². The van der Waals surface area contributed by atoms with Crippen LogP contribution in [0, 0.1) is 0 Å². The van der Waals surface area contributed by atoms with Crippen molar-refractivity contribution in [1.29, 1.82) is 0 Å². The first-order valence-corrected chi connectivity index (χ1v) is 11.6. The Labute approximate surface area is 179 Å². The number of fused-ring (bicyclic) bond motifs is 1. The van der Waals surface area contributed by atoms with Crippen LogP contribution in [-0.4, -0.2) is 66.2 Å². The van der Waals surface area contributed by atoms with Crippen molar-refractivity contribution in [3.8, 4) is 0 Å². The van der Waals surface area contributed by atoms with E-state index in [0.29, 0.717) is 38.2 Å². The van der Waals surface area contributed by atoms with Gasteiger partial charge in [0, 0.05) is 57.1 Å². The summed E-state index contributed by atoms with van der Waals surface area (Å²) >= 11 is 0. The zero-order chi connectivity index (χ0) is 22.2. The Morgan fingerprint density at radius 3 is 2.55 bits per heavy atom. The lowest BCUT2D eigenvalue weighted by molar-refractivity contribution is 0.0694. The third-order valence-electron chi connectivity index (χ3n) is 5.42. The number of carboxylic acid groups (broad SMARTS) is 1. The highest BCUT2D eigenvalue weighted by Crippen LogP contribution is 2.21. The smallest absolute Gasteiger partial charge is 0.341 e. The third kappa shape index (κ3) is 4.30. The van der Waals surface area contributed by atoms with Gasteiger partial charge in [0.05, 0.1) is 5.52 Å². The molecule has 10 heteroatoms. The van der Waals surface area contributed by atoms with Gasteiger partial charge in [-0.25, -0.2) is 18.2 Å². The molecule has 0 unspecified atom stereocenters. The van der Waals surface area contributed by atoms with Crippen molar-refractivity contribution in [2.24, 2.45) is 0 Å². The van der Waals surface area contributed by atoms with E-state index in [1.165, 1.54) is 16.7 Å². The van der Waals surface area contributed by atoms with E-state index in [0.717, 1.165) is 17.5 Å². The molecule has 4 rings (SSSR count). The van der Waals surface area contributed by atoms with E-state index in [1.807, 2.05) is 12.1 Å². The molecule has 1 fully saturated rings. The monoisotopic (exact) mass is 442 g/mol. The minimum absolute atomic E-state index is 0.0508. The molecule has 0 bridgehead atoms.